The van der Waals surface area contributed by atoms with Gasteiger partial charge >= 0.3 is 0 Å². The van der Waals surface area contributed by atoms with Crippen LogP contribution < -0.4 is 10.7 Å². The molecule has 0 aliphatic rings. The van der Waals surface area contributed by atoms with Crippen LogP contribution in [0.3, 0.4) is 0 Å². The lowest BCUT2D eigenvalue weighted by atomic mass is 10.2. The highest BCUT2D eigenvalue weighted by Crippen LogP contribution is 2.31. The Balaban J connectivity index is 2.70. The van der Waals surface area contributed by atoms with Gasteiger partial charge in [-0.05, 0) is 19.1 Å². The predicted molar refractivity (Wildman–Crippen MR) is 54.1 cm³/mol. The first kappa shape index (κ1) is 8.90. The van der Waals surface area contributed by atoms with Crippen LogP contribution in [-0.4, -0.2) is 9.67 Å². The Morgan fingerprint density at radius 1 is 1.50 bits per heavy atom. The van der Waals surface area contributed by atoms with E-state index < -0.39 is 0 Å². The molecule has 0 spiro atoms. The van der Waals surface area contributed by atoms with Gasteiger partial charge in [0, 0.05) is 24.2 Å². The van der Waals surface area contributed by atoms with Gasteiger partial charge in [-0.1, -0.05) is 0 Å². The van der Waals surface area contributed by atoms with Crippen molar-refractivity contribution >= 4 is 10.9 Å². The fourth-order valence-electron chi connectivity index (χ4n) is 1.58. The lowest BCUT2D eigenvalue weighted by molar-refractivity contribution is 0.313. The normalized spacial score (nSPS) is 10.7. The summed E-state index contributed by atoms with van der Waals surface area (Å²) in [7, 11) is 0. The van der Waals surface area contributed by atoms with Crippen LogP contribution in [0.5, 0.6) is 11.5 Å². The van der Waals surface area contributed by atoms with Gasteiger partial charge < -0.3 is 14.5 Å². The monoisotopic (exact) mass is 192 g/mol. The van der Waals surface area contributed by atoms with Gasteiger partial charge in [0.1, 0.15) is 0 Å². The Morgan fingerprint density at radius 2 is 2.29 bits per heavy atom. The van der Waals surface area contributed by atoms with Crippen molar-refractivity contribution in [2.45, 2.75) is 13.5 Å². The molecular weight excluding hydrogens is 180 g/mol. The number of rotatable bonds is 2. The highest BCUT2D eigenvalue weighted by molar-refractivity contribution is 5.83. The molecular formula is C10H12N2O2. The lowest BCUT2D eigenvalue weighted by Crippen LogP contribution is -2.02. The van der Waals surface area contributed by atoms with Gasteiger partial charge in [0.05, 0.1) is 5.52 Å². The van der Waals surface area contributed by atoms with Crippen molar-refractivity contribution in [2.24, 2.45) is 5.90 Å². The van der Waals surface area contributed by atoms with Gasteiger partial charge in [0.25, 0.3) is 0 Å². The number of hydrogen-bond acceptors (Lipinski definition) is 3. The first-order valence-corrected chi connectivity index (χ1v) is 4.45. The Kier molecular flexibility index (Phi) is 2.05. The minimum atomic E-state index is 0.0638. The topological polar surface area (TPSA) is 60.4 Å². The molecule has 0 aliphatic heterocycles. The number of phenols is 1. The first-order valence-electron chi connectivity index (χ1n) is 4.45. The highest BCUT2D eigenvalue weighted by Gasteiger charge is 2.07. The van der Waals surface area contributed by atoms with Crippen molar-refractivity contribution < 1.29 is 9.94 Å². The minimum absolute atomic E-state index is 0.0638. The van der Waals surface area contributed by atoms with Crippen LogP contribution in [0.15, 0.2) is 24.4 Å². The van der Waals surface area contributed by atoms with Crippen molar-refractivity contribution in [1.29, 1.82) is 0 Å². The molecule has 0 amide bonds. The summed E-state index contributed by atoms with van der Waals surface area (Å²) in [5, 5.41) is 10.5. The predicted octanol–water partition coefficient (Wildman–Crippen LogP) is 1.62. The van der Waals surface area contributed by atoms with Crippen LogP contribution in [0.25, 0.3) is 10.9 Å². The number of aryl methyl sites for hydroxylation is 1. The number of aromatic hydroxyl groups is 1. The summed E-state index contributed by atoms with van der Waals surface area (Å²) < 4.78 is 2.05. The van der Waals surface area contributed by atoms with Crippen molar-refractivity contribution in [3.8, 4) is 11.5 Å². The van der Waals surface area contributed by atoms with E-state index >= 15 is 0 Å². The molecule has 3 N–H and O–H groups in total. The third kappa shape index (κ3) is 1.20. The van der Waals surface area contributed by atoms with Crippen molar-refractivity contribution in [3.63, 3.8) is 0 Å². The molecule has 0 saturated carbocycles. The molecule has 0 unspecified atom stereocenters. The number of fused-ring (bicyclic) bond motifs is 1. The third-order valence-electron chi connectivity index (χ3n) is 2.32. The molecule has 1 aromatic carbocycles. The van der Waals surface area contributed by atoms with Crippen molar-refractivity contribution in [3.05, 3.63) is 24.4 Å². The summed E-state index contributed by atoms with van der Waals surface area (Å²) in [4.78, 5) is 4.56. The van der Waals surface area contributed by atoms with Gasteiger partial charge in [0.2, 0.25) is 0 Å². The second kappa shape index (κ2) is 3.23. The summed E-state index contributed by atoms with van der Waals surface area (Å²) in [6, 6.07) is 5.32. The summed E-state index contributed by atoms with van der Waals surface area (Å²) >= 11 is 0. The first-order chi connectivity index (χ1) is 6.76. The van der Waals surface area contributed by atoms with Crippen LogP contribution in [0.2, 0.25) is 0 Å². The van der Waals surface area contributed by atoms with Crippen LogP contribution in [-0.2, 0) is 6.54 Å². The second-order valence-electron chi connectivity index (χ2n) is 3.10. The highest BCUT2D eigenvalue weighted by atomic mass is 16.6. The van der Waals surface area contributed by atoms with Crippen molar-refractivity contribution in [2.75, 3.05) is 0 Å². The maximum Gasteiger partial charge on any atom is 0.190 e. The quantitative estimate of drug-likeness (QED) is 0.711. The zero-order chi connectivity index (χ0) is 10.1. The third-order valence-corrected chi connectivity index (χ3v) is 2.32. The van der Waals surface area contributed by atoms with Gasteiger partial charge in [-0.3, -0.25) is 0 Å². The molecule has 0 bridgehead atoms. The zero-order valence-electron chi connectivity index (χ0n) is 7.90. The Hall–Kier alpha value is -1.68. The standard InChI is InChI=1S/C10H12N2O2/c1-2-12-4-3-7-5-9(13)10(14-11)6-8(7)12/h3-6,13H,2,11H2,1H3. The maximum absolute atomic E-state index is 9.48. The van der Waals surface area contributed by atoms with E-state index in [0.29, 0.717) is 5.75 Å². The molecule has 4 heteroatoms. The van der Waals surface area contributed by atoms with Gasteiger partial charge in [-0.2, -0.15) is 5.90 Å². The Bertz CT molecular complexity index is 462. The molecule has 1 heterocycles. The van der Waals surface area contributed by atoms with Gasteiger partial charge in [0.15, 0.2) is 11.5 Å². The Labute approximate surface area is 81.5 Å². The van der Waals surface area contributed by atoms with Crippen molar-refractivity contribution in [1.82, 2.24) is 4.57 Å². The fourth-order valence-corrected chi connectivity index (χ4v) is 1.58. The largest absolute Gasteiger partial charge is 0.504 e. The fraction of sp³-hybridized carbons (Fsp3) is 0.200. The molecule has 1 aromatic heterocycles. The number of phenolic OH excluding ortho intramolecular Hbond substituents is 1. The van der Waals surface area contributed by atoms with E-state index in [-0.39, 0.29) is 5.75 Å². The van der Waals surface area contributed by atoms with Crippen LogP contribution in [0.1, 0.15) is 6.92 Å². The molecule has 0 saturated heterocycles. The van der Waals surface area contributed by atoms with E-state index in [9.17, 15) is 5.11 Å². The van der Waals surface area contributed by atoms with E-state index in [2.05, 4.69) is 16.3 Å². The smallest absolute Gasteiger partial charge is 0.190 e. The number of nitrogens with zero attached hydrogens (tertiary/aromatic N) is 1. The van der Waals surface area contributed by atoms with E-state index in [1.54, 1.807) is 12.1 Å². The molecule has 0 atom stereocenters. The SMILES string of the molecule is CCn1ccc2cc(O)c(ON)cc21. The summed E-state index contributed by atoms with van der Waals surface area (Å²) in [6.45, 7) is 2.92. The minimum Gasteiger partial charge on any atom is -0.504 e. The molecule has 14 heavy (non-hydrogen) atoms. The van der Waals surface area contributed by atoms with E-state index in [1.165, 1.54) is 0 Å². The summed E-state index contributed by atoms with van der Waals surface area (Å²) in [5.41, 5.74) is 1.01. The second-order valence-corrected chi connectivity index (χ2v) is 3.10. The maximum atomic E-state index is 9.48. The zero-order valence-corrected chi connectivity index (χ0v) is 7.90. The number of aromatic nitrogens is 1. The van der Waals surface area contributed by atoms with E-state index in [1.807, 2.05) is 12.3 Å². The molecule has 2 aromatic rings. The molecule has 0 fully saturated rings. The van der Waals surface area contributed by atoms with Crippen LogP contribution in [0, 0.1) is 0 Å². The molecule has 4 nitrogen and oxygen atoms in total. The number of benzene rings is 1. The average Bonchev–Trinajstić information content (AvgIpc) is 2.58. The Morgan fingerprint density at radius 3 is 2.93 bits per heavy atom. The van der Waals surface area contributed by atoms with Gasteiger partial charge in [-0.15, -0.1) is 0 Å². The van der Waals surface area contributed by atoms with E-state index in [0.717, 1.165) is 17.4 Å². The summed E-state index contributed by atoms with van der Waals surface area (Å²) in [5.74, 6) is 5.39. The molecule has 0 radical (unpaired) electrons. The molecule has 0 aliphatic carbocycles. The van der Waals surface area contributed by atoms with Gasteiger partial charge in [-0.25, -0.2) is 0 Å². The average molecular weight is 192 g/mol. The molecule has 74 valence electrons. The number of hydrogen-bond donors (Lipinski definition) is 2. The van der Waals surface area contributed by atoms with Crippen LogP contribution in [0.4, 0.5) is 0 Å². The lowest BCUT2D eigenvalue weighted by Gasteiger charge is -2.04. The molecule has 2 rings (SSSR count). The number of nitrogens with two attached hydrogens (primary N) is 1. The van der Waals surface area contributed by atoms with E-state index in [4.69, 9.17) is 5.90 Å². The summed E-state index contributed by atoms with van der Waals surface area (Å²) in [6.07, 6.45) is 1.96. The van der Waals surface area contributed by atoms with Crippen LogP contribution >= 0.6 is 0 Å².